The summed E-state index contributed by atoms with van der Waals surface area (Å²) in [5, 5.41) is 3.88. The zero-order valence-electron chi connectivity index (χ0n) is 13.3. The zero-order valence-corrected chi connectivity index (χ0v) is 14.1. The number of carbonyl (C=O) groups excluding carboxylic acids is 1. The van der Waals surface area contributed by atoms with Gasteiger partial charge in [-0.05, 0) is 57.4 Å². The van der Waals surface area contributed by atoms with Gasteiger partial charge < -0.3 is 14.8 Å². The maximum atomic E-state index is 12.2. The molecule has 1 N–H and O–H groups in total. The number of carbonyl (C=O) groups is 1. The number of nitrogens with zero attached hydrogens (tertiary/aromatic N) is 3. The van der Waals surface area contributed by atoms with Crippen molar-refractivity contribution in [1.29, 1.82) is 0 Å². The number of aromatic nitrogens is 2. The highest BCUT2D eigenvalue weighted by atomic mass is 32.1. The van der Waals surface area contributed by atoms with E-state index in [1.807, 2.05) is 61.4 Å². The SMILES string of the molecule is CN(C)CCCNC(=O)c1ccc2nc(-n3cccc3)sc2c1. The van der Waals surface area contributed by atoms with E-state index in [2.05, 4.69) is 15.2 Å². The summed E-state index contributed by atoms with van der Waals surface area (Å²) in [6, 6.07) is 9.61. The number of fused-ring (bicyclic) bond motifs is 1. The third kappa shape index (κ3) is 3.78. The quantitative estimate of drug-likeness (QED) is 0.708. The molecule has 2 heterocycles. The van der Waals surface area contributed by atoms with Gasteiger partial charge in [-0.1, -0.05) is 11.3 Å². The second-order valence-electron chi connectivity index (χ2n) is 5.68. The van der Waals surface area contributed by atoms with Crippen molar-refractivity contribution in [2.75, 3.05) is 27.2 Å². The van der Waals surface area contributed by atoms with E-state index in [0.717, 1.165) is 28.3 Å². The van der Waals surface area contributed by atoms with E-state index >= 15 is 0 Å². The summed E-state index contributed by atoms with van der Waals surface area (Å²) < 4.78 is 3.00. The highest BCUT2D eigenvalue weighted by Gasteiger charge is 2.10. The van der Waals surface area contributed by atoms with Crippen molar-refractivity contribution in [3.8, 4) is 5.13 Å². The Hall–Kier alpha value is -2.18. The summed E-state index contributed by atoms with van der Waals surface area (Å²) in [4.78, 5) is 18.9. The Morgan fingerprint density at radius 3 is 2.83 bits per heavy atom. The van der Waals surface area contributed by atoms with Gasteiger partial charge in [-0.3, -0.25) is 4.79 Å². The topological polar surface area (TPSA) is 50.2 Å². The van der Waals surface area contributed by atoms with Crippen molar-refractivity contribution >= 4 is 27.5 Å². The molecule has 2 aromatic heterocycles. The van der Waals surface area contributed by atoms with Crippen LogP contribution in [0.25, 0.3) is 15.3 Å². The van der Waals surface area contributed by atoms with Gasteiger partial charge in [0.15, 0.2) is 5.13 Å². The van der Waals surface area contributed by atoms with Crippen LogP contribution in [0.3, 0.4) is 0 Å². The molecule has 120 valence electrons. The number of amides is 1. The molecule has 3 rings (SSSR count). The van der Waals surface area contributed by atoms with Gasteiger partial charge in [0.1, 0.15) is 0 Å². The highest BCUT2D eigenvalue weighted by molar-refractivity contribution is 7.20. The number of thiazole rings is 1. The van der Waals surface area contributed by atoms with Crippen LogP contribution < -0.4 is 5.32 Å². The number of hydrogen-bond acceptors (Lipinski definition) is 4. The van der Waals surface area contributed by atoms with Crippen molar-refractivity contribution in [2.24, 2.45) is 0 Å². The third-order valence-corrected chi connectivity index (χ3v) is 4.56. The summed E-state index contributed by atoms with van der Waals surface area (Å²) >= 11 is 1.58. The summed E-state index contributed by atoms with van der Waals surface area (Å²) in [7, 11) is 4.06. The molecule has 0 saturated heterocycles. The van der Waals surface area contributed by atoms with E-state index in [1.54, 1.807) is 11.3 Å². The fraction of sp³-hybridized carbons (Fsp3) is 0.294. The van der Waals surface area contributed by atoms with Gasteiger partial charge in [-0.2, -0.15) is 0 Å². The first-order valence-corrected chi connectivity index (χ1v) is 8.42. The number of nitrogens with one attached hydrogen (secondary N) is 1. The van der Waals surface area contributed by atoms with Crippen molar-refractivity contribution in [2.45, 2.75) is 6.42 Å². The molecule has 0 radical (unpaired) electrons. The number of rotatable bonds is 6. The second kappa shape index (κ2) is 6.93. The molecule has 0 unspecified atom stereocenters. The third-order valence-electron chi connectivity index (χ3n) is 3.53. The van der Waals surface area contributed by atoms with Crippen molar-refractivity contribution < 1.29 is 4.79 Å². The van der Waals surface area contributed by atoms with Crippen LogP contribution in [-0.4, -0.2) is 47.5 Å². The Bertz CT molecular complexity index is 792. The molecular weight excluding hydrogens is 308 g/mol. The van der Waals surface area contributed by atoms with Gasteiger partial charge in [0, 0.05) is 24.5 Å². The standard InChI is InChI=1S/C17H20N4OS/c1-20(2)9-5-8-18-16(22)13-6-7-14-15(12-13)23-17(19-14)21-10-3-4-11-21/h3-4,6-7,10-12H,5,8-9H2,1-2H3,(H,18,22). The smallest absolute Gasteiger partial charge is 0.251 e. The fourth-order valence-corrected chi connectivity index (χ4v) is 3.30. The molecule has 0 spiro atoms. The minimum Gasteiger partial charge on any atom is -0.352 e. The van der Waals surface area contributed by atoms with E-state index in [9.17, 15) is 4.79 Å². The largest absolute Gasteiger partial charge is 0.352 e. The molecule has 6 heteroatoms. The van der Waals surface area contributed by atoms with Crippen LogP contribution in [0.4, 0.5) is 0 Å². The Balaban J connectivity index is 1.71. The molecule has 0 aliphatic heterocycles. The minimum absolute atomic E-state index is 0.0263. The number of hydrogen-bond donors (Lipinski definition) is 1. The fourth-order valence-electron chi connectivity index (χ4n) is 2.33. The Morgan fingerprint density at radius 1 is 1.30 bits per heavy atom. The summed E-state index contributed by atoms with van der Waals surface area (Å²) in [6.45, 7) is 1.65. The van der Waals surface area contributed by atoms with Crippen molar-refractivity contribution in [3.63, 3.8) is 0 Å². The van der Waals surface area contributed by atoms with E-state index in [1.165, 1.54) is 0 Å². The lowest BCUT2D eigenvalue weighted by Gasteiger charge is -2.09. The molecule has 0 aliphatic rings. The zero-order chi connectivity index (χ0) is 16.2. The van der Waals surface area contributed by atoms with Crippen LogP contribution in [0.5, 0.6) is 0 Å². The van der Waals surface area contributed by atoms with E-state index in [0.29, 0.717) is 12.1 Å². The van der Waals surface area contributed by atoms with Crippen LogP contribution >= 0.6 is 11.3 Å². The van der Waals surface area contributed by atoms with Gasteiger partial charge in [0.25, 0.3) is 5.91 Å². The summed E-state index contributed by atoms with van der Waals surface area (Å²) in [6.07, 6.45) is 4.88. The molecule has 23 heavy (non-hydrogen) atoms. The molecule has 0 saturated carbocycles. The van der Waals surface area contributed by atoms with Crippen molar-refractivity contribution in [1.82, 2.24) is 19.8 Å². The van der Waals surface area contributed by atoms with Gasteiger partial charge in [0.05, 0.1) is 10.2 Å². The van der Waals surface area contributed by atoms with E-state index < -0.39 is 0 Å². The molecule has 0 atom stereocenters. The second-order valence-corrected chi connectivity index (χ2v) is 6.69. The normalized spacial score (nSPS) is 11.3. The monoisotopic (exact) mass is 328 g/mol. The summed E-state index contributed by atoms with van der Waals surface area (Å²) in [5.74, 6) is -0.0263. The average molecular weight is 328 g/mol. The molecular formula is C17H20N4OS. The maximum absolute atomic E-state index is 12.2. The molecule has 0 aliphatic carbocycles. The predicted octanol–water partition coefficient (Wildman–Crippen LogP) is 2.77. The lowest BCUT2D eigenvalue weighted by Crippen LogP contribution is -2.27. The van der Waals surface area contributed by atoms with Gasteiger partial charge >= 0.3 is 0 Å². The number of benzene rings is 1. The predicted molar refractivity (Wildman–Crippen MR) is 94.5 cm³/mol. The highest BCUT2D eigenvalue weighted by Crippen LogP contribution is 2.25. The Labute approximate surface area is 139 Å². The van der Waals surface area contributed by atoms with Crippen LogP contribution in [0, 0.1) is 0 Å². The van der Waals surface area contributed by atoms with E-state index in [4.69, 9.17) is 0 Å². The summed E-state index contributed by atoms with van der Waals surface area (Å²) in [5.41, 5.74) is 1.60. The van der Waals surface area contributed by atoms with Gasteiger partial charge in [-0.15, -0.1) is 0 Å². The van der Waals surface area contributed by atoms with Crippen molar-refractivity contribution in [3.05, 3.63) is 48.3 Å². The first-order valence-electron chi connectivity index (χ1n) is 7.60. The molecule has 5 nitrogen and oxygen atoms in total. The van der Waals surface area contributed by atoms with Crippen LogP contribution in [0.2, 0.25) is 0 Å². The Kier molecular flexibility index (Phi) is 4.73. The first kappa shape index (κ1) is 15.7. The Morgan fingerprint density at radius 2 is 2.09 bits per heavy atom. The minimum atomic E-state index is -0.0263. The molecule has 3 aromatic rings. The molecule has 0 fully saturated rings. The van der Waals surface area contributed by atoms with Crippen LogP contribution in [0.1, 0.15) is 16.8 Å². The van der Waals surface area contributed by atoms with Crippen LogP contribution in [-0.2, 0) is 0 Å². The molecule has 0 bridgehead atoms. The lowest BCUT2D eigenvalue weighted by atomic mass is 10.2. The lowest BCUT2D eigenvalue weighted by molar-refractivity contribution is 0.0952. The first-order chi connectivity index (χ1) is 11.1. The molecule has 1 aromatic carbocycles. The van der Waals surface area contributed by atoms with E-state index in [-0.39, 0.29) is 5.91 Å². The average Bonchev–Trinajstić information content (AvgIpc) is 3.18. The molecule has 1 amide bonds. The van der Waals surface area contributed by atoms with Gasteiger partial charge in [0.2, 0.25) is 0 Å². The maximum Gasteiger partial charge on any atom is 0.251 e. The van der Waals surface area contributed by atoms with Crippen LogP contribution in [0.15, 0.2) is 42.7 Å². The van der Waals surface area contributed by atoms with Gasteiger partial charge in [-0.25, -0.2) is 4.98 Å².